The minimum absolute atomic E-state index is 0.0656. The molecule has 0 spiro atoms. The molecule has 2 fully saturated rings. The normalized spacial score (nSPS) is 20.2. The monoisotopic (exact) mass is 592 g/mol. The van der Waals surface area contributed by atoms with Crippen LogP contribution in [0.2, 0.25) is 0 Å². The first kappa shape index (κ1) is 30.3. The molecule has 1 aromatic carbocycles. The Morgan fingerprint density at radius 1 is 1.02 bits per heavy atom. The lowest BCUT2D eigenvalue weighted by Gasteiger charge is -2.35. The van der Waals surface area contributed by atoms with Gasteiger partial charge in [-0.05, 0) is 55.9 Å². The van der Waals surface area contributed by atoms with Crippen LogP contribution in [0, 0.1) is 0 Å². The van der Waals surface area contributed by atoms with Crippen molar-refractivity contribution in [2.75, 3.05) is 26.4 Å². The Morgan fingerprint density at radius 2 is 1.73 bits per heavy atom. The predicted octanol–water partition coefficient (Wildman–Crippen LogP) is 4.43. The molecule has 1 unspecified atom stereocenters. The average molecular weight is 593 g/mol. The molecule has 220 valence electrons. The molecule has 2 aromatic rings. The number of rotatable bonds is 9. The smallest absolute Gasteiger partial charge is 0.381 e. The van der Waals surface area contributed by atoms with Crippen molar-refractivity contribution in [3.05, 3.63) is 48.2 Å². The van der Waals surface area contributed by atoms with E-state index in [-0.39, 0.29) is 42.6 Å². The van der Waals surface area contributed by atoms with Crippen molar-refractivity contribution in [2.45, 2.75) is 66.4 Å². The summed E-state index contributed by atoms with van der Waals surface area (Å²) in [7, 11) is -4.20. The first-order valence-electron chi connectivity index (χ1n) is 12.7. The third-order valence-corrected chi connectivity index (χ3v) is 9.61. The van der Waals surface area contributed by atoms with E-state index in [0.29, 0.717) is 30.9 Å². The topological polar surface area (TPSA) is 104 Å². The zero-order valence-electron chi connectivity index (χ0n) is 21.4. The maximum Gasteiger partial charge on any atom is 0.453 e. The molecule has 14 heteroatoms. The minimum atomic E-state index is -5.62. The van der Waals surface area contributed by atoms with Gasteiger partial charge < -0.3 is 9.47 Å². The fourth-order valence-electron chi connectivity index (χ4n) is 4.57. The van der Waals surface area contributed by atoms with Crippen LogP contribution in [0.4, 0.5) is 22.0 Å². The van der Waals surface area contributed by atoms with E-state index >= 15 is 0 Å². The molecule has 0 saturated carbocycles. The van der Waals surface area contributed by atoms with Gasteiger partial charge in [-0.15, -0.1) is 0 Å². The van der Waals surface area contributed by atoms with E-state index in [1.807, 2.05) is 0 Å². The Hall–Kier alpha value is -2.68. The van der Waals surface area contributed by atoms with Gasteiger partial charge in [0.05, 0.1) is 17.2 Å². The van der Waals surface area contributed by atoms with Gasteiger partial charge in [-0.3, -0.25) is 14.6 Å². The number of pyridine rings is 1. The third kappa shape index (κ3) is 6.45. The Kier molecular flexibility index (Phi) is 9.12. The summed E-state index contributed by atoms with van der Waals surface area (Å²) in [6, 6.07) is 8.47. The summed E-state index contributed by atoms with van der Waals surface area (Å²) in [5.41, 5.74) is 3.37. The lowest BCUT2D eigenvalue weighted by atomic mass is 9.98. The van der Waals surface area contributed by atoms with Crippen molar-refractivity contribution in [2.24, 2.45) is 0 Å². The number of nitrogens with zero attached hydrogens (tertiary/aromatic N) is 1. The molecule has 0 aliphatic carbocycles. The number of ether oxygens (including phenoxy) is 2. The van der Waals surface area contributed by atoms with Gasteiger partial charge in [0, 0.05) is 38.0 Å². The summed E-state index contributed by atoms with van der Waals surface area (Å²) in [6.45, 7) is 1.03. The van der Waals surface area contributed by atoms with Gasteiger partial charge in [-0.2, -0.15) is 22.0 Å². The standard InChI is InChI=1S/C26H29F5N2O6S/c27-25(28,26(29,30)31)10-9-18-3-8-22(32-16-18)19-4-6-21(7-5-19)40(35,36)24(11-14-37-15-12-24)23(34)33-39-20-2-1-13-38-17-20/h3-8,16,20H,1-2,9-15,17H2,(H,33,34). The van der Waals surface area contributed by atoms with Crippen LogP contribution in [0.25, 0.3) is 11.3 Å². The molecule has 2 aliphatic heterocycles. The lowest BCUT2D eigenvalue weighted by molar-refractivity contribution is -0.284. The van der Waals surface area contributed by atoms with Crippen LogP contribution in [0.1, 0.15) is 37.7 Å². The van der Waals surface area contributed by atoms with E-state index in [0.717, 1.165) is 6.42 Å². The number of aryl methyl sites for hydroxylation is 1. The number of aromatic nitrogens is 1. The molecular formula is C26H29F5N2O6S. The predicted molar refractivity (Wildman–Crippen MR) is 132 cm³/mol. The number of sulfone groups is 1. The number of carbonyl (C=O) groups is 1. The van der Waals surface area contributed by atoms with E-state index in [4.69, 9.17) is 14.3 Å². The van der Waals surface area contributed by atoms with Crippen molar-refractivity contribution < 1.29 is 49.5 Å². The summed E-state index contributed by atoms with van der Waals surface area (Å²) in [6.07, 6.45) is -5.43. The van der Waals surface area contributed by atoms with Gasteiger partial charge in [0.15, 0.2) is 14.6 Å². The second-order valence-corrected chi connectivity index (χ2v) is 12.0. The molecule has 4 rings (SSSR count). The number of carbonyl (C=O) groups excluding carboxylic acids is 1. The van der Waals surface area contributed by atoms with Crippen LogP contribution in [-0.2, 0) is 35.4 Å². The molecule has 2 aliphatic rings. The van der Waals surface area contributed by atoms with Crippen molar-refractivity contribution >= 4 is 15.7 Å². The first-order valence-corrected chi connectivity index (χ1v) is 14.2. The van der Waals surface area contributed by atoms with Gasteiger partial charge in [-0.25, -0.2) is 13.9 Å². The Bertz CT molecular complexity index is 1260. The molecule has 0 bridgehead atoms. The highest BCUT2D eigenvalue weighted by molar-refractivity contribution is 7.93. The quantitative estimate of drug-likeness (QED) is 0.340. The fourth-order valence-corrected chi connectivity index (χ4v) is 6.51. The van der Waals surface area contributed by atoms with E-state index in [1.165, 1.54) is 42.6 Å². The maximum atomic E-state index is 13.8. The van der Waals surface area contributed by atoms with Crippen LogP contribution >= 0.6 is 0 Å². The number of alkyl halides is 5. The SMILES string of the molecule is O=C(NOC1CCCOC1)C1(S(=O)(=O)c2ccc(-c3ccc(CCC(F)(F)C(F)(F)F)cn3)cc2)CCOCC1. The van der Waals surface area contributed by atoms with Crippen molar-refractivity contribution in [3.8, 4) is 11.3 Å². The number of amides is 1. The van der Waals surface area contributed by atoms with Gasteiger partial charge in [0.1, 0.15) is 6.10 Å². The number of halogens is 5. The molecule has 1 aromatic heterocycles. The first-order chi connectivity index (χ1) is 18.9. The summed E-state index contributed by atoms with van der Waals surface area (Å²) in [4.78, 5) is 22.7. The highest BCUT2D eigenvalue weighted by Crippen LogP contribution is 2.39. The van der Waals surface area contributed by atoms with E-state index in [9.17, 15) is 35.2 Å². The van der Waals surface area contributed by atoms with E-state index < -0.39 is 45.4 Å². The molecule has 8 nitrogen and oxygen atoms in total. The maximum absolute atomic E-state index is 13.8. The van der Waals surface area contributed by atoms with Crippen LogP contribution in [0.15, 0.2) is 47.5 Å². The number of hydrogen-bond donors (Lipinski definition) is 1. The van der Waals surface area contributed by atoms with Crippen LogP contribution in [0.5, 0.6) is 0 Å². The number of hydrogen-bond acceptors (Lipinski definition) is 7. The largest absolute Gasteiger partial charge is 0.453 e. The summed E-state index contributed by atoms with van der Waals surface area (Å²) in [5.74, 6) is -5.58. The molecule has 1 N–H and O–H groups in total. The van der Waals surface area contributed by atoms with Gasteiger partial charge in [-0.1, -0.05) is 18.2 Å². The average Bonchev–Trinajstić information content (AvgIpc) is 2.95. The highest BCUT2D eigenvalue weighted by atomic mass is 32.2. The van der Waals surface area contributed by atoms with Crippen LogP contribution in [-0.4, -0.2) is 68.7 Å². The Morgan fingerprint density at radius 3 is 2.30 bits per heavy atom. The summed E-state index contributed by atoms with van der Waals surface area (Å²) in [5, 5.41) is 0. The number of hydroxylamine groups is 1. The molecule has 1 atom stereocenters. The van der Waals surface area contributed by atoms with Crippen molar-refractivity contribution in [1.82, 2.24) is 10.5 Å². The Labute approximate surface area is 228 Å². The molecular weight excluding hydrogens is 563 g/mol. The molecule has 2 saturated heterocycles. The fraction of sp³-hybridized carbons (Fsp3) is 0.538. The van der Waals surface area contributed by atoms with Crippen LogP contribution < -0.4 is 5.48 Å². The molecule has 1 amide bonds. The lowest BCUT2D eigenvalue weighted by Crippen LogP contribution is -2.56. The zero-order chi connectivity index (χ0) is 29.0. The minimum Gasteiger partial charge on any atom is -0.381 e. The highest BCUT2D eigenvalue weighted by Gasteiger charge is 2.56. The molecule has 3 heterocycles. The second-order valence-electron chi connectivity index (χ2n) is 9.78. The molecule has 40 heavy (non-hydrogen) atoms. The summed E-state index contributed by atoms with van der Waals surface area (Å²) >= 11 is 0. The number of nitrogens with one attached hydrogen (secondary N) is 1. The van der Waals surface area contributed by atoms with Crippen molar-refractivity contribution in [1.29, 1.82) is 0 Å². The van der Waals surface area contributed by atoms with Crippen LogP contribution in [0.3, 0.4) is 0 Å². The third-order valence-electron chi connectivity index (χ3n) is 7.09. The van der Waals surface area contributed by atoms with Gasteiger partial charge in [0.25, 0.3) is 5.91 Å². The van der Waals surface area contributed by atoms with Gasteiger partial charge in [0.2, 0.25) is 0 Å². The van der Waals surface area contributed by atoms with Gasteiger partial charge >= 0.3 is 12.1 Å². The Balaban J connectivity index is 1.47. The second kappa shape index (κ2) is 12.0. The molecule has 0 radical (unpaired) electrons. The van der Waals surface area contributed by atoms with E-state index in [1.54, 1.807) is 0 Å². The summed E-state index contributed by atoms with van der Waals surface area (Å²) < 4.78 is 99.9. The van der Waals surface area contributed by atoms with Crippen molar-refractivity contribution in [3.63, 3.8) is 0 Å². The zero-order valence-corrected chi connectivity index (χ0v) is 22.2. The van der Waals surface area contributed by atoms with E-state index in [2.05, 4.69) is 10.5 Å². The number of benzene rings is 1.